The lowest BCUT2D eigenvalue weighted by Gasteiger charge is -2.12. The predicted octanol–water partition coefficient (Wildman–Crippen LogP) is 4.84. The summed E-state index contributed by atoms with van der Waals surface area (Å²) >= 11 is 3.47. The van der Waals surface area contributed by atoms with Gasteiger partial charge < -0.3 is 10.4 Å². The third-order valence-electron chi connectivity index (χ3n) is 3.30. The van der Waals surface area contributed by atoms with Gasteiger partial charge in [0.2, 0.25) is 0 Å². The summed E-state index contributed by atoms with van der Waals surface area (Å²) in [5.41, 5.74) is 3.07. The maximum atomic E-state index is 12.3. The number of nitrogens with one attached hydrogen (secondary N) is 1. The molecule has 4 heteroatoms. The molecule has 2 aromatic rings. The molecular weight excluding hydrogens is 330 g/mol. The molecule has 0 fully saturated rings. The van der Waals surface area contributed by atoms with Crippen molar-refractivity contribution >= 4 is 27.5 Å². The number of carbonyl (C=O) groups is 1. The van der Waals surface area contributed by atoms with Crippen LogP contribution in [-0.2, 0) is 0 Å². The van der Waals surface area contributed by atoms with Crippen molar-refractivity contribution in [1.82, 2.24) is 0 Å². The summed E-state index contributed by atoms with van der Waals surface area (Å²) in [6, 6.07) is 10.8. The highest BCUT2D eigenvalue weighted by Gasteiger charge is 2.13. The number of aromatic hydroxyl groups is 1. The van der Waals surface area contributed by atoms with Crippen LogP contribution in [0.25, 0.3) is 0 Å². The largest absolute Gasteiger partial charge is 0.507 e. The van der Waals surface area contributed by atoms with E-state index in [2.05, 4.69) is 35.1 Å². The maximum Gasteiger partial charge on any atom is 0.259 e. The summed E-state index contributed by atoms with van der Waals surface area (Å²) in [5, 5.41) is 12.6. The van der Waals surface area contributed by atoms with Crippen LogP contribution in [0.4, 0.5) is 5.69 Å². The first-order valence-electron chi connectivity index (χ1n) is 6.79. The van der Waals surface area contributed by atoms with Crippen LogP contribution in [0.1, 0.15) is 41.3 Å². The Bertz CT molecular complexity index is 680. The molecule has 0 aliphatic heterocycles. The van der Waals surface area contributed by atoms with Crippen LogP contribution in [0, 0.1) is 6.92 Å². The molecular formula is C17H18BrNO2. The first-order chi connectivity index (χ1) is 9.88. The van der Waals surface area contributed by atoms with Gasteiger partial charge in [0.05, 0.1) is 11.3 Å². The number of hydrogen-bond acceptors (Lipinski definition) is 2. The number of aryl methyl sites for hydroxylation is 1. The molecule has 0 unspecified atom stereocenters. The van der Waals surface area contributed by atoms with E-state index in [0.29, 0.717) is 11.6 Å². The second-order valence-electron chi connectivity index (χ2n) is 5.37. The second kappa shape index (κ2) is 6.31. The fraction of sp³-hybridized carbons (Fsp3) is 0.235. The molecule has 2 aromatic carbocycles. The Kier molecular flexibility index (Phi) is 4.68. The molecule has 0 aromatic heterocycles. The number of phenolic OH excluding ortho intramolecular Hbond substituents is 1. The second-order valence-corrected chi connectivity index (χ2v) is 6.22. The Morgan fingerprint density at radius 3 is 2.52 bits per heavy atom. The molecule has 3 nitrogen and oxygen atoms in total. The third kappa shape index (κ3) is 3.64. The topological polar surface area (TPSA) is 49.3 Å². The van der Waals surface area contributed by atoms with Crippen LogP contribution < -0.4 is 5.32 Å². The monoisotopic (exact) mass is 347 g/mol. The van der Waals surface area contributed by atoms with Crippen molar-refractivity contribution in [3.05, 3.63) is 57.6 Å². The van der Waals surface area contributed by atoms with Crippen LogP contribution in [-0.4, -0.2) is 11.0 Å². The standard InChI is InChI=1S/C17H18BrNO2/c1-10(2)12-5-6-15(14(18)9-12)19-17(21)13-8-11(3)4-7-16(13)20/h4-10,20H,1-3H3,(H,19,21). The Balaban J connectivity index is 2.25. The lowest BCUT2D eigenvalue weighted by Crippen LogP contribution is -2.12. The van der Waals surface area contributed by atoms with Crippen LogP contribution in [0.2, 0.25) is 0 Å². The smallest absolute Gasteiger partial charge is 0.259 e. The summed E-state index contributed by atoms with van der Waals surface area (Å²) < 4.78 is 0.828. The summed E-state index contributed by atoms with van der Waals surface area (Å²) in [6.45, 7) is 6.11. The minimum Gasteiger partial charge on any atom is -0.507 e. The molecule has 0 radical (unpaired) electrons. The lowest BCUT2D eigenvalue weighted by molar-refractivity contribution is 0.102. The molecule has 21 heavy (non-hydrogen) atoms. The normalized spacial score (nSPS) is 10.7. The highest BCUT2D eigenvalue weighted by atomic mass is 79.9. The van der Waals surface area contributed by atoms with Crippen LogP contribution >= 0.6 is 15.9 Å². The first-order valence-corrected chi connectivity index (χ1v) is 7.58. The molecule has 0 heterocycles. The average Bonchev–Trinajstić information content (AvgIpc) is 2.43. The molecule has 0 bridgehead atoms. The summed E-state index contributed by atoms with van der Waals surface area (Å²) in [6.07, 6.45) is 0. The maximum absolute atomic E-state index is 12.3. The summed E-state index contributed by atoms with van der Waals surface area (Å²) in [5.74, 6) is 0.0779. The van der Waals surface area contributed by atoms with Gasteiger partial charge in [0.15, 0.2) is 0 Å². The fourth-order valence-electron chi connectivity index (χ4n) is 2.01. The highest BCUT2D eigenvalue weighted by Crippen LogP contribution is 2.28. The van der Waals surface area contributed by atoms with Gasteiger partial charge in [-0.1, -0.05) is 31.5 Å². The number of rotatable bonds is 3. The van der Waals surface area contributed by atoms with Crippen molar-refractivity contribution < 1.29 is 9.90 Å². The molecule has 0 saturated heterocycles. The first kappa shape index (κ1) is 15.6. The number of benzene rings is 2. The molecule has 0 aliphatic carbocycles. The Hall–Kier alpha value is -1.81. The van der Waals surface area contributed by atoms with Gasteiger partial charge in [0.1, 0.15) is 5.75 Å². The van der Waals surface area contributed by atoms with Gasteiger partial charge >= 0.3 is 0 Å². The Morgan fingerprint density at radius 1 is 1.19 bits per heavy atom. The van der Waals surface area contributed by atoms with Crippen molar-refractivity contribution in [3.8, 4) is 5.75 Å². The van der Waals surface area contributed by atoms with E-state index in [1.807, 2.05) is 25.1 Å². The van der Waals surface area contributed by atoms with Gasteiger partial charge in [0.25, 0.3) is 5.91 Å². The predicted molar refractivity (Wildman–Crippen MR) is 89.0 cm³/mol. The van der Waals surface area contributed by atoms with E-state index >= 15 is 0 Å². The van der Waals surface area contributed by atoms with Gasteiger partial charge in [-0.3, -0.25) is 4.79 Å². The number of phenols is 1. The number of anilines is 1. The molecule has 1 amide bonds. The number of hydrogen-bond donors (Lipinski definition) is 2. The third-order valence-corrected chi connectivity index (χ3v) is 3.96. The molecule has 2 N–H and O–H groups in total. The van der Waals surface area contributed by atoms with Crippen molar-refractivity contribution in [2.45, 2.75) is 26.7 Å². The van der Waals surface area contributed by atoms with Crippen LogP contribution in [0.3, 0.4) is 0 Å². The number of halogens is 1. The molecule has 0 aliphatic rings. The average molecular weight is 348 g/mol. The van der Waals surface area contributed by atoms with Gasteiger partial charge in [-0.25, -0.2) is 0 Å². The van der Waals surface area contributed by atoms with Crippen molar-refractivity contribution in [1.29, 1.82) is 0 Å². The quantitative estimate of drug-likeness (QED) is 0.834. The molecule has 0 atom stereocenters. The minimum atomic E-state index is -0.325. The number of amides is 1. The molecule has 0 saturated carbocycles. The van der Waals surface area contributed by atoms with Crippen molar-refractivity contribution in [2.75, 3.05) is 5.32 Å². The van der Waals surface area contributed by atoms with Crippen molar-refractivity contribution in [3.63, 3.8) is 0 Å². The van der Waals surface area contributed by atoms with E-state index in [4.69, 9.17) is 0 Å². The van der Waals surface area contributed by atoms with E-state index in [0.717, 1.165) is 10.0 Å². The van der Waals surface area contributed by atoms with Crippen LogP contribution in [0.15, 0.2) is 40.9 Å². The lowest BCUT2D eigenvalue weighted by atomic mass is 10.0. The zero-order chi connectivity index (χ0) is 15.6. The van der Waals surface area contributed by atoms with Gasteiger partial charge in [-0.15, -0.1) is 0 Å². The minimum absolute atomic E-state index is 0.0203. The summed E-state index contributed by atoms with van der Waals surface area (Å²) in [7, 11) is 0. The highest BCUT2D eigenvalue weighted by molar-refractivity contribution is 9.10. The van der Waals surface area contributed by atoms with Gasteiger partial charge in [-0.2, -0.15) is 0 Å². The molecule has 110 valence electrons. The zero-order valence-corrected chi connectivity index (χ0v) is 13.9. The molecule has 2 rings (SSSR count). The van der Waals surface area contributed by atoms with E-state index in [1.54, 1.807) is 12.1 Å². The molecule has 0 spiro atoms. The Morgan fingerprint density at radius 2 is 1.90 bits per heavy atom. The van der Waals surface area contributed by atoms with E-state index < -0.39 is 0 Å². The van der Waals surface area contributed by atoms with Crippen molar-refractivity contribution in [2.24, 2.45) is 0 Å². The fourth-order valence-corrected chi connectivity index (χ4v) is 2.51. The van der Waals surface area contributed by atoms with E-state index in [9.17, 15) is 9.90 Å². The van der Waals surface area contributed by atoms with Crippen LogP contribution in [0.5, 0.6) is 5.75 Å². The van der Waals surface area contributed by atoms with Gasteiger partial charge in [0, 0.05) is 4.47 Å². The zero-order valence-electron chi connectivity index (χ0n) is 12.3. The van der Waals surface area contributed by atoms with E-state index in [-0.39, 0.29) is 17.2 Å². The van der Waals surface area contributed by atoms with Gasteiger partial charge in [-0.05, 0) is 58.6 Å². The summed E-state index contributed by atoms with van der Waals surface area (Å²) in [4.78, 5) is 12.3. The van der Waals surface area contributed by atoms with E-state index in [1.165, 1.54) is 11.6 Å². The Labute approximate surface area is 133 Å². The SMILES string of the molecule is Cc1ccc(O)c(C(=O)Nc2ccc(C(C)C)cc2Br)c1. The number of carbonyl (C=O) groups excluding carboxylic acids is 1.